The molecule has 4 aliphatic rings. The fourth-order valence-corrected chi connectivity index (χ4v) is 5.89. The summed E-state index contributed by atoms with van der Waals surface area (Å²) in [4.78, 5) is 38.4. The Morgan fingerprint density at radius 2 is 1.97 bits per heavy atom. The Bertz CT molecular complexity index is 869. The summed E-state index contributed by atoms with van der Waals surface area (Å²) in [6, 6.07) is 5.89. The monoisotopic (exact) mass is 396 g/mol. The highest BCUT2D eigenvalue weighted by Crippen LogP contribution is 2.58. The lowest BCUT2D eigenvalue weighted by atomic mass is 9.50. The highest BCUT2D eigenvalue weighted by atomic mass is 16.2. The van der Waals surface area contributed by atoms with Gasteiger partial charge in [-0.1, -0.05) is 18.2 Å². The first-order valence-corrected chi connectivity index (χ1v) is 10.7. The minimum Gasteiger partial charge on any atom is -0.330 e. The predicted molar refractivity (Wildman–Crippen MR) is 107 cm³/mol. The molecule has 1 unspecified atom stereocenters. The third-order valence-electron chi connectivity index (χ3n) is 7.36. The van der Waals surface area contributed by atoms with Crippen LogP contribution in [0.15, 0.2) is 18.2 Å². The van der Waals surface area contributed by atoms with Crippen LogP contribution in [0, 0.1) is 11.3 Å². The van der Waals surface area contributed by atoms with Gasteiger partial charge in [-0.25, -0.2) is 0 Å². The maximum absolute atomic E-state index is 13.1. The Hall–Kier alpha value is -2.25. The van der Waals surface area contributed by atoms with Gasteiger partial charge in [0.1, 0.15) is 6.04 Å². The van der Waals surface area contributed by atoms with Gasteiger partial charge in [0.05, 0.1) is 0 Å². The zero-order valence-corrected chi connectivity index (χ0v) is 16.6. The predicted octanol–water partition coefficient (Wildman–Crippen LogP) is 1.05. The summed E-state index contributed by atoms with van der Waals surface area (Å²) < 4.78 is 0. The van der Waals surface area contributed by atoms with Crippen molar-refractivity contribution in [2.24, 2.45) is 17.1 Å². The summed E-state index contributed by atoms with van der Waals surface area (Å²) in [6.07, 6.45) is 5.61. The molecule has 2 aliphatic carbocycles. The van der Waals surface area contributed by atoms with E-state index < -0.39 is 6.04 Å². The number of fused-ring (bicyclic) bond motifs is 1. The number of hydrogen-bond acceptors (Lipinski definition) is 5. The summed E-state index contributed by atoms with van der Waals surface area (Å²) in [6.45, 7) is 1.91. The lowest BCUT2D eigenvalue weighted by Gasteiger charge is -2.58. The summed E-state index contributed by atoms with van der Waals surface area (Å²) in [5.41, 5.74) is 8.97. The van der Waals surface area contributed by atoms with Crippen LogP contribution < -0.4 is 16.4 Å². The molecule has 0 aromatic heterocycles. The first-order chi connectivity index (χ1) is 14.0. The van der Waals surface area contributed by atoms with Crippen molar-refractivity contribution in [1.82, 2.24) is 15.5 Å². The maximum Gasteiger partial charge on any atom is 0.255 e. The number of imide groups is 1. The molecule has 1 atom stereocenters. The van der Waals surface area contributed by atoms with E-state index in [2.05, 4.69) is 10.6 Å². The van der Waals surface area contributed by atoms with Gasteiger partial charge < -0.3 is 16.0 Å². The molecule has 0 bridgehead atoms. The Labute approximate surface area is 170 Å². The van der Waals surface area contributed by atoms with Gasteiger partial charge in [-0.3, -0.25) is 19.7 Å². The summed E-state index contributed by atoms with van der Waals surface area (Å²) >= 11 is 0. The van der Waals surface area contributed by atoms with Gasteiger partial charge in [0, 0.05) is 31.1 Å². The average molecular weight is 396 g/mol. The standard InChI is InChI=1S/C22H28N4O3/c23-10-13-6-22(7-13)8-16(9-22)24-11-14-2-1-3-15-12-26(21(29)19(14)15)17-4-5-18(27)25-20(17)28/h1-3,13,16-17,24H,4-12,23H2,(H,25,27,28). The van der Waals surface area contributed by atoms with E-state index in [1.165, 1.54) is 25.7 Å². The van der Waals surface area contributed by atoms with Crippen LogP contribution in [0.2, 0.25) is 0 Å². The smallest absolute Gasteiger partial charge is 0.255 e. The van der Waals surface area contributed by atoms with Crippen LogP contribution in [0.3, 0.4) is 0 Å². The Kier molecular flexibility index (Phi) is 4.47. The van der Waals surface area contributed by atoms with Crippen molar-refractivity contribution in [3.63, 3.8) is 0 Å². The quantitative estimate of drug-likeness (QED) is 0.646. The molecule has 154 valence electrons. The van der Waals surface area contributed by atoms with E-state index in [1.807, 2.05) is 18.2 Å². The highest BCUT2D eigenvalue weighted by Gasteiger charge is 2.52. The van der Waals surface area contributed by atoms with Gasteiger partial charge in [-0.15, -0.1) is 0 Å². The zero-order valence-electron chi connectivity index (χ0n) is 16.6. The molecule has 2 saturated carbocycles. The molecule has 0 radical (unpaired) electrons. The number of hydrogen-bond donors (Lipinski definition) is 3. The lowest BCUT2D eigenvalue weighted by Crippen LogP contribution is -2.56. The van der Waals surface area contributed by atoms with E-state index in [1.54, 1.807) is 4.90 Å². The molecule has 1 saturated heterocycles. The van der Waals surface area contributed by atoms with Crippen molar-refractivity contribution in [1.29, 1.82) is 0 Å². The molecular formula is C22H28N4O3. The third-order valence-corrected chi connectivity index (χ3v) is 7.36. The van der Waals surface area contributed by atoms with Crippen molar-refractivity contribution >= 4 is 17.7 Å². The van der Waals surface area contributed by atoms with Crippen molar-refractivity contribution in [2.45, 2.75) is 63.7 Å². The molecule has 7 heteroatoms. The number of carbonyl (C=O) groups is 3. The van der Waals surface area contributed by atoms with Crippen LogP contribution in [0.1, 0.15) is 60.0 Å². The zero-order chi connectivity index (χ0) is 20.2. The first-order valence-electron chi connectivity index (χ1n) is 10.7. The van der Waals surface area contributed by atoms with Gasteiger partial charge in [0.2, 0.25) is 11.8 Å². The fraction of sp³-hybridized carbons (Fsp3) is 0.591. The first kappa shape index (κ1) is 18.8. The van der Waals surface area contributed by atoms with Gasteiger partial charge >= 0.3 is 0 Å². The molecular weight excluding hydrogens is 368 g/mol. The summed E-state index contributed by atoms with van der Waals surface area (Å²) in [5, 5.41) is 5.98. The molecule has 1 aromatic rings. The lowest BCUT2D eigenvalue weighted by molar-refractivity contribution is -0.136. The van der Waals surface area contributed by atoms with Gasteiger partial charge in [-0.2, -0.15) is 0 Å². The molecule has 3 fully saturated rings. The van der Waals surface area contributed by atoms with E-state index in [0.29, 0.717) is 36.9 Å². The number of piperidine rings is 1. The Balaban J connectivity index is 1.23. The maximum atomic E-state index is 13.1. The molecule has 1 aromatic carbocycles. The van der Waals surface area contributed by atoms with Crippen molar-refractivity contribution in [2.75, 3.05) is 6.54 Å². The van der Waals surface area contributed by atoms with Crippen LogP contribution >= 0.6 is 0 Å². The largest absolute Gasteiger partial charge is 0.330 e. The van der Waals surface area contributed by atoms with E-state index >= 15 is 0 Å². The SMILES string of the molecule is NCC1CC2(C1)CC(NCc1cccc3c1C(=O)N(C1CCC(=O)NC1=O)C3)C2. The topological polar surface area (TPSA) is 105 Å². The van der Waals surface area contributed by atoms with E-state index in [4.69, 9.17) is 5.73 Å². The second-order valence-electron chi connectivity index (χ2n) is 9.35. The number of nitrogens with one attached hydrogen (secondary N) is 2. The summed E-state index contributed by atoms with van der Waals surface area (Å²) in [5.74, 6) is -0.00747. The molecule has 2 aliphatic heterocycles. The number of carbonyl (C=O) groups excluding carboxylic acids is 3. The van der Waals surface area contributed by atoms with Crippen LogP contribution in [-0.2, 0) is 22.7 Å². The number of nitrogens with two attached hydrogens (primary N) is 1. The number of benzene rings is 1. The number of rotatable bonds is 5. The van der Waals surface area contributed by atoms with Crippen molar-refractivity contribution in [3.8, 4) is 0 Å². The molecule has 3 amide bonds. The molecule has 2 heterocycles. The minimum absolute atomic E-state index is 0.0956. The summed E-state index contributed by atoms with van der Waals surface area (Å²) in [7, 11) is 0. The molecule has 7 nitrogen and oxygen atoms in total. The van der Waals surface area contributed by atoms with Gasteiger partial charge in [-0.05, 0) is 61.1 Å². The number of nitrogens with zero attached hydrogens (tertiary/aromatic N) is 1. The fourth-order valence-electron chi connectivity index (χ4n) is 5.89. The Morgan fingerprint density at radius 1 is 1.17 bits per heavy atom. The second kappa shape index (κ2) is 6.92. The number of amides is 3. The van der Waals surface area contributed by atoms with Crippen molar-refractivity contribution in [3.05, 3.63) is 34.9 Å². The average Bonchev–Trinajstić information content (AvgIpc) is 2.96. The van der Waals surface area contributed by atoms with E-state index in [9.17, 15) is 14.4 Å². The second-order valence-corrected chi connectivity index (χ2v) is 9.35. The van der Waals surface area contributed by atoms with Crippen LogP contribution in [0.4, 0.5) is 0 Å². The van der Waals surface area contributed by atoms with Crippen molar-refractivity contribution < 1.29 is 14.4 Å². The highest BCUT2D eigenvalue weighted by molar-refractivity contribution is 6.05. The van der Waals surface area contributed by atoms with Gasteiger partial charge in [0.25, 0.3) is 5.91 Å². The van der Waals surface area contributed by atoms with Crippen LogP contribution in [-0.4, -0.2) is 41.2 Å². The minimum atomic E-state index is -0.561. The Morgan fingerprint density at radius 3 is 2.69 bits per heavy atom. The molecule has 5 rings (SSSR count). The van der Waals surface area contributed by atoms with E-state index in [-0.39, 0.29) is 24.1 Å². The molecule has 1 spiro atoms. The van der Waals surface area contributed by atoms with Crippen LogP contribution in [0.5, 0.6) is 0 Å². The van der Waals surface area contributed by atoms with E-state index in [0.717, 1.165) is 23.2 Å². The van der Waals surface area contributed by atoms with Gasteiger partial charge in [0.15, 0.2) is 0 Å². The molecule has 4 N–H and O–H groups in total. The van der Waals surface area contributed by atoms with Crippen LogP contribution in [0.25, 0.3) is 0 Å². The third kappa shape index (κ3) is 3.16. The normalized spacial score (nSPS) is 33.3. The molecule has 29 heavy (non-hydrogen) atoms.